The van der Waals surface area contributed by atoms with Crippen LogP contribution < -0.4 is 0 Å². The molecule has 0 heterocycles. The van der Waals surface area contributed by atoms with Crippen LogP contribution in [-0.2, 0) is 5.41 Å². The van der Waals surface area contributed by atoms with E-state index in [1.807, 2.05) is 26.8 Å². The molecule has 2 heteroatoms. The third-order valence-corrected chi connectivity index (χ3v) is 2.81. The van der Waals surface area contributed by atoms with Gasteiger partial charge in [-0.2, -0.15) is 0 Å². The van der Waals surface area contributed by atoms with Gasteiger partial charge in [-0.05, 0) is 17.4 Å². The van der Waals surface area contributed by atoms with Gasteiger partial charge in [0.25, 0.3) is 6.43 Å². The highest BCUT2D eigenvalue weighted by atomic mass is 19.3. The summed E-state index contributed by atoms with van der Waals surface area (Å²) in [5, 5.41) is 0. The van der Waals surface area contributed by atoms with Crippen molar-refractivity contribution in [2.45, 2.75) is 39.0 Å². The molecule has 0 unspecified atom stereocenters. The van der Waals surface area contributed by atoms with E-state index in [-0.39, 0.29) is 11.0 Å². The maximum absolute atomic E-state index is 12.7. The lowest BCUT2D eigenvalue weighted by Gasteiger charge is -2.26. The highest BCUT2D eigenvalue weighted by Crippen LogP contribution is 2.34. The third-order valence-electron chi connectivity index (χ3n) is 2.81. The molecule has 0 bridgehead atoms. The molecule has 1 aromatic rings. The van der Waals surface area contributed by atoms with Crippen LogP contribution in [0.15, 0.2) is 24.3 Å². The Bertz CT molecular complexity index is 303. The van der Waals surface area contributed by atoms with Crippen molar-refractivity contribution in [1.82, 2.24) is 0 Å². The molecule has 1 aromatic carbocycles. The van der Waals surface area contributed by atoms with Crippen LogP contribution in [0.1, 0.15) is 44.7 Å². The summed E-state index contributed by atoms with van der Waals surface area (Å²) in [6, 6.07) is 6.79. The van der Waals surface area contributed by atoms with Gasteiger partial charge in [-0.15, -0.1) is 0 Å². The first-order valence-corrected chi connectivity index (χ1v) is 4.86. The zero-order valence-corrected chi connectivity index (χ0v) is 8.85. The topological polar surface area (TPSA) is 0 Å². The van der Waals surface area contributed by atoms with Crippen LogP contribution in [0.5, 0.6) is 0 Å². The highest BCUT2D eigenvalue weighted by molar-refractivity contribution is 5.34. The predicted octanol–water partition coefficient (Wildman–Crippen LogP) is 4.31. The number of halogens is 2. The quantitative estimate of drug-likeness (QED) is 0.678. The van der Waals surface area contributed by atoms with E-state index in [4.69, 9.17) is 0 Å². The van der Waals surface area contributed by atoms with Gasteiger partial charge in [0.1, 0.15) is 0 Å². The number of hydrogen-bond acceptors (Lipinski definition) is 0. The average Bonchev–Trinajstić information content (AvgIpc) is 2.18. The summed E-state index contributed by atoms with van der Waals surface area (Å²) in [5.41, 5.74) is 0.754. The smallest absolute Gasteiger partial charge is 0.205 e. The molecule has 14 heavy (non-hydrogen) atoms. The lowest BCUT2D eigenvalue weighted by molar-refractivity contribution is 0.148. The van der Waals surface area contributed by atoms with Crippen molar-refractivity contribution in [2.75, 3.05) is 0 Å². The Morgan fingerprint density at radius 1 is 1.21 bits per heavy atom. The van der Waals surface area contributed by atoms with Crippen LogP contribution in [0.2, 0.25) is 0 Å². The van der Waals surface area contributed by atoms with Gasteiger partial charge in [-0.3, -0.25) is 0 Å². The normalized spacial score (nSPS) is 12.1. The lowest BCUT2D eigenvalue weighted by Crippen LogP contribution is -2.17. The number of benzene rings is 1. The maximum Gasteiger partial charge on any atom is 0.264 e. The van der Waals surface area contributed by atoms with Crippen molar-refractivity contribution in [3.63, 3.8) is 0 Å². The molecule has 0 aliphatic rings. The summed E-state index contributed by atoms with van der Waals surface area (Å²) >= 11 is 0. The van der Waals surface area contributed by atoms with Gasteiger partial charge in [0.15, 0.2) is 0 Å². The monoisotopic (exact) mass is 198 g/mol. The number of hydrogen-bond donors (Lipinski definition) is 0. The minimum absolute atomic E-state index is 0.166. The fourth-order valence-electron chi connectivity index (χ4n) is 1.49. The van der Waals surface area contributed by atoms with Crippen molar-refractivity contribution in [3.8, 4) is 0 Å². The molecule has 0 radical (unpaired) electrons. The third kappa shape index (κ3) is 2.11. The fraction of sp³-hybridized carbons (Fsp3) is 0.500. The second-order valence-corrected chi connectivity index (χ2v) is 4.13. The van der Waals surface area contributed by atoms with E-state index in [0.717, 1.165) is 12.0 Å². The van der Waals surface area contributed by atoms with Gasteiger partial charge in [-0.1, -0.05) is 45.0 Å². The summed E-state index contributed by atoms with van der Waals surface area (Å²) in [5.74, 6) is 0. The summed E-state index contributed by atoms with van der Waals surface area (Å²) < 4.78 is 25.4. The minimum atomic E-state index is -2.38. The summed E-state index contributed by atoms with van der Waals surface area (Å²) in [6.07, 6.45) is -1.52. The molecule has 0 spiro atoms. The van der Waals surface area contributed by atoms with E-state index >= 15 is 0 Å². The zero-order chi connectivity index (χ0) is 10.8. The molecule has 0 saturated heterocycles. The van der Waals surface area contributed by atoms with Crippen LogP contribution in [0.25, 0.3) is 0 Å². The molecule has 0 atom stereocenters. The summed E-state index contributed by atoms with van der Waals surface area (Å²) in [7, 11) is 0. The molecule has 0 aromatic heterocycles. The van der Waals surface area contributed by atoms with Crippen molar-refractivity contribution < 1.29 is 8.78 Å². The molecule has 0 aliphatic carbocycles. The van der Waals surface area contributed by atoms with Crippen LogP contribution >= 0.6 is 0 Å². The Labute approximate surface area is 84.0 Å². The van der Waals surface area contributed by atoms with Gasteiger partial charge in [-0.25, -0.2) is 8.78 Å². The average molecular weight is 198 g/mol. The van der Waals surface area contributed by atoms with E-state index in [1.54, 1.807) is 12.1 Å². The van der Waals surface area contributed by atoms with Gasteiger partial charge < -0.3 is 0 Å². The van der Waals surface area contributed by atoms with Crippen LogP contribution in [0, 0.1) is 0 Å². The van der Waals surface area contributed by atoms with Crippen molar-refractivity contribution in [1.29, 1.82) is 0 Å². The molecule has 0 saturated carbocycles. The van der Waals surface area contributed by atoms with E-state index in [9.17, 15) is 8.78 Å². The van der Waals surface area contributed by atoms with Gasteiger partial charge in [0.05, 0.1) is 0 Å². The molecule has 0 fully saturated rings. The predicted molar refractivity (Wildman–Crippen MR) is 54.7 cm³/mol. The Morgan fingerprint density at radius 3 is 2.29 bits per heavy atom. The second kappa shape index (κ2) is 4.07. The van der Waals surface area contributed by atoms with Crippen molar-refractivity contribution in [3.05, 3.63) is 35.4 Å². The van der Waals surface area contributed by atoms with Crippen molar-refractivity contribution in [2.24, 2.45) is 0 Å². The first-order valence-electron chi connectivity index (χ1n) is 4.86. The molecule has 0 aliphatic heterocycles. The SMILES string of the molecule is CCC(C)(C)c1ccccc1C(F)F. The van der Waals surface area contributed by atoms with Crippen LogP contribution in [-0.4, -0.2) is 0 Å². The zero-order valence-electron chi connectivity index (χ0n) is 8.85. The standard InChI is InChI=1S/C12H16F2/c1-4-12(2,3)10-8-6-5-7-9(10)11(13)14/h5-8,11H,4H2,1-3H3. The maximum atomic E-state index is 12.7. The summed E-state index contributed by atoms with van der Waals surface area (Å²) in [4.78, 5) is 0. The Kier molecular flexibility index (Phi) is 3.25. The molecule has 0 N–H and O–H groups in total. The highest BCUT2D eigenvalue weighted by Gasteiger charge is 2.24. The Balaban J connectivity index is 3.20. The first kappa shape index (κ1) is 11.2. The molecule has 1 rings (SSSR count). The second-order valence-electron chi connectivity index (χ2n) is 4.13. The van der Waals surface area contributed by atoms with Gasteiger partial charge >= 0.3 is 0 Å². The number of alkyl halides is 2. The van der Waals surface area contributed by atoms with Gasteiger partial charge in [0.2, 0.25) is 0 Å². The first-order chi connectivity index (χ1) is 6.49. The van der Waals surface area contributed by atoms with Gasteiger partial charge in [0, 0.05) is 5.56 Å². The van der Waals surface area contributed by atoms with Crippen LogP contribution in [0.3, 0.4) is 0 Å². The van der Waals surface area contributed by atoms with E-state index in [2.05, 4.69) is 0 Å². The van der Waals surface area contributed by atoms with E-state index < -0.39 is 6.43 Å². The molecule has 0 amide bonds. The van der Waals surface area contributed by atoms with Crippen LogP contribution in [0.4, 0.5) is 8.78 Å². The summed E-state index contributed by atoms with van der Waals surface area (Å²) in [6.45, 7) is 6.00. The minimum Gasteiger partial charge on any atom is -0.205 e. The Hall–Kier alpha value is -0.920. The Morgan fingerprint density at radius 2 is 1.79 bits per heavy atom. The largest absolute Gasteiger partial charge is 0.264 e. The molecule has 78 valence electrons. The van der Waals surface area contributed by atoms with E-state index in [1.165, 1.54) is 6.07 Å². The molecular formula is C12H16F2. The lowest BCUT2D eigenvalue weighted by atomic mass is 9.80. The van der Waals surface area contributed by atoms with Crippen molar-refractivity contribution >= 4 is 0 Å². The number of rotatable bonds is 3. The van der Waals surface area contributed by atoms with E-state index in [0.29, 0.717) is 0 Å². The fourth-order valence-corrected chi connectivity index (χ4v) is 1.49. The molecule has 0 nitrogen and oxygen atoms in total. The molecular weight excluding hydrogens is 182 g/mol.